The second-order valence-corrected chi connectivity index (χ2v) is 3.73. The van der Waals surface area contributed by atoms with E-state index in [2.05, 4.69) is 10.8 Å². The molecule has 3 nitrogen and oxygen atoms in total. The zero-order valence-electron chi connectivity index (χ0n) is 8.61. The number of hydrogen-bond donors (Lipinski definition) is 1. The number of aliphatic hydroxyl groups is 1. The van der Waals surface area contributed by atoms with Crippen molar-refractivity contribution in [1.29, 1.82) is 0 Å². The van der Waals surface area contributed by atoms with Gasteiger partial charge in [0.2, 0.25) is 0 Å². The van der Waals surface area contributed by atoms with E-state index < -0.39 is 6.10 Å². The third kappa shape index (κ3) is 4.61. The Kier molecular flexibility index (Phi) is 5.62. The van der Waals surface area contributed by atoms with Gasteiger partial charge in [-0.2, -0.15) is 0 Å². The second kappa shape index (κ2) is 6.83. The molecule has 0 spiro atoms. The van der Waals surface area contributed by atoms with Crippen molar-refractivity contribution in [3.05, 3.63) is 0 Å². The maximum Gasteiger partial charge on any atom is 0.107 e. The van der Waals surface area contributed by atoms with Crippen LogP contribution < -0.4 is 0 Å². The molecule has 0 aromatic heterocycles. The van der Waals surface area contributed by atoms with E-state index in [1.54, 1.807) is 0 Å². The van der Waals surface area contributed by atoms with Gasteiger partial charge in [-0.1, -0.05) is 12.3 Å². The molecule has 80 valence electrons. The Morgan fingerprint density at radius 1 is 1.36 bits per heavy atom. The molecular formula is C11H19NO2. The summed E-state index contributed by atoms with van der Waals surface area (Å²) in [6.07, 6.45) is 8.45. The van der Waals surface area contributed by atoms with E-state index in [-0.39, 0.29) is 6.61 Å². The molecule has 1 heterocycles. The number of ether oxygens (including phenoxy) is 1. The predicted octanol–water partition coefficient (Wildman–Crippen LogP) is 0.483. The Morgan fingerprint density at radius 2 is 2.07 bits per heavy atom. The van der Waals surface area contributed by atoms with Gasteiger partial charge < -0.3 is 14.7 Å². The molecule has 0 aromatic carbocycles. The molecule has 1 aliphatic heterocycles. The van der Waals surface area contributed by atoms with Crippen LogP contribution in [0.3, 0.4) is 0 Å². The lowest BCUT2D eigenvalue weighted by atomic mass is 10.1. The van der Waals surface area contributed by atoms with Crippen molar-refractivity contribution >= 4 is 0 Å². The number of terminal acetylenes is 1. The van der Waals surface area contributed by atoms with Crippen molar-refractivity contribution in [2.75, 3.05) is 32.8 Å². The van der Waals surface area contributed by atoms with Crippen LogP contribution in [0.1, 0.15) is 19.3 Å². The van der Waals surface area contributed by atoms with Gasteiger partial charge in [0.15, 0.2) is 0 Å². The zero-order chi connectivity index (χ0) is 10.2. The van der Waals surface area contributed by atoms with E-state index in [9.17, 15) is 5.11 Å². The first-order valence-electron chi connectivity index (χ1n) is 5.24. The van der Waals surface area contributed by atoms with Gasteiger partial charge in [0.1, 0.15) is 6.61 Å². The Morgan fingerprint density at radius 3 is 2.71 bits per heavy atom. The highest BCUT2D eigenvalue weighted by atomic mass is 16.5. The van der Waals surface area contributed by atoms with E-state index in [0.29, 0.717) is 13.2 Å². The molecule has 0 unspecified atom stereocenters. The molecule has 0 saturated carbocycles. The van der Waals surface area contributed by atoms with E-state index in [4.69, 9.17) is 11.2 Å². The molecule has 1 atom stereocenters. The van der Waals surface area contributed by atoms with Gasteiger partial charge in [-0.3, -0.25) is 0 Å². The fourth-order valence-corrected chi connectivity index (χ4v) is 1.75. The highest BCUT2D eigenvalue weighted by Crippen LogP contribution is 2.08. The van der Waals surface area contributed by atoms with Crippen LogP contribution in [0.15, 0.2) is 0 Å². The minimum atomic E-state index is -0.401. The molecule has 0 aliphatic carbocycles. The summed E-state index contributed by atoms with van der Waals surface area (Å²) in [5, 5.41) is 9.59. The fourth-order valence-electron chi connectivity index (χ4n) is 1.75. The number of β-amino-alcohol motifs (C(OH)–C–C–N with tert-alkyl or cyclic N) is 1. The molecule has 1 saturated heterocycles. The number of aliphatic hydroxyl groups excluding tert-OH is 1. The Hall–Kier alpha value is -0.560. The van der Waals surface area contributed by atoms with Gasteiger partial charge in [-0.05, 0) is 25.9 Å². The standard InChI is InChI=1S/C11H19NO2/c1-2-8-14-10-11(13)9-12-6-4-3-5-7-12/h1,11,13H,3-10H2/t11-/m0/s1. The SMILES string of the molecule is C#CCOC[C@@H](O)CN1CCCCC1. The summed E-state index contributed by atoms with van der Waals surface area (Å²) in [5.74, 6) is 2.38. The molecule has 1 aliphatic rings. The maximum absolute atomic E-state index is 9.59. The summed E-state index contributed by atoms with van der Waals surface area (Å²) in [4.78, 5) is 2.29. The molecule has 0 aromatic rings. The van der Waals surface area contributed by atoms with Crippen LogP contribution in [0.25, 0.3) is 0 Å². The molecule has 1 N–H and O–H groups in total. The average molecular weight is 197 g/mol. The highest BCUT2D eigenvalue weighted by molar-refractivity contribution is 4.83. The molecule has 0 amide bonds. The lowest BCUT2D eigenvalue weighted by Gasteiger charge is -2.28. The van der Waals surface area contributed by atoms with Crippen LogP contribution in [0, 0.1) is 12.3 Å². The highest BCUT2D eigenvalue weighted by Gasteiger charge is 2.14. The van der Waals surface area contributed by atoms with Crippen molar-refractivity contribution in [2.45, 2.75) is 25.4 Å². The van der Waals surface area contributed by atoms with E-state index in [0.717, 1.165) is 13.1 Å². The molecule has 3 heteroatoms. The summed E-state index contributed by atoms with van der Waals surface area (Å²) < 4.78 is 5.07. The normalized spacial score (nSPS) is 20.3. The van der Waals surface area contributed by atoms with Gasteiger partial charge in [0.05, 0.1) is 12.7 Å². The van der Waals surface area contributed by atoms with Crippen LogP contribution >= 0.6 is 0 Å². The lowest BCUT2D eigenvalue weighted by molar-refractivity contribution is 0.0241. The molecular weight excluding hydrogens is 178 g/mol. The molecule has 14 heavy (non-hydrogen) atoms. The van der Waals surface area contributed by atoms with Crippen LogP contribution in [0.5, 0.6) is 0 Å². The number of likely N-dealkylation sites (tertiary alicyclic amines) is 1. The van der Waals surface area contributed by atoms with E-state index >= 15 is 0 Å². The van der Waals surface area contributed by atoms with Crippen molar-refractivity contribution in [3.63, 3.8) is 0 Å². The Bertz CT molecular complexity index is 182. The Labute approximate surface area is 86.0 Å². The third-order valence-corrected chi connectivity index (χ3v) is 2.41. The van der Waals surface area contributed by atoms with Gasteiger partial charge in [0.25, 0.3) is 0 Å². The summed E-state index contributed by atoms with van der Waals surface area (Å²) in [5.41, 5.74) is 0. The first-order valence-corrected chi connectivity index (χ1v) is 5.24. The van der Waals surface area contributed by atoms with E-state index in [1.165, 1.54) is 19.3 Å². The third-order valence-electron chi connectivity index (χ3n) is 2.41. The maximum atomic E-state index is 9.59. The monoisotopic (exact) mass is 197 g/mol. The molecule has 1 fully saturated rings. The fraction of sp³-hybridized carbons (Fsp3) is 0.818. The second-order valence-electron chi connectivity index (χ2n) is 3.73. The number of hydrogen-bond acceptors (Lipinski definition) is 3. The average Bonchev–Trinajstić information content (AvgIpc) is 2.20. The van der Waals surface area contributed by atoms with Gasteiger partial charge in [-0.25, -0.2) is 0 Å². The topological polar surface area (TPSA) is 32.7 Å². The quantitative estimate of drug-likeness (QED) is 0.514. The number of nitrogens with zero attached hydrogens (tertiary/aromatic N) is 1. The van der Waals surface area contributed by atoms with Crippen molar-refractivity contribution < 1.29 is 9.84 Å². The van der Waals surface area contributed by atoms with Gasteiger partial charge in [-0.15, -0.1) is 6.42 Å². The van der Waals surface area contributed by atoms with Crippen LogP contribution in [0.4, 0.5) is 0 Å². The molecule has 0 bridgehead atoms. The Balaban J connectivity index is 2.06. The largest absolute Gasteiger partial charge is 0.389 e. The van der Waals surface area contributed by atoms with E-state index in [1.807, 2.05) is 0 Å². The summed E-state index contributed by atoms with van der Waals surface area (Å²) in [6, 6.07) is 0. The zero-order valence-corrected chi connectivity index (χ0v) is 8.61. The summed E-state index contributed by atoms with van der Waals surface area (Å²) >= 11 is 0. The van der Waals surface area contributed by atoms with Crippen LogP contribution in [-0.4, -0.2) is 49.0 Å². The first kappa shape index (κ1) is 11.5. The smallest absolute Gasteiger partial charge is 0.107 e. The predicted molar refractivity (Wildman–Crippen MR) is 55.9 cm³/mol. The minimum Gasteiger partial charge on any atom is -0.389 e. The van der Waals surface area contributed by atoms with Crippen LogP contribution in [-0.2, 0) is 4.74 Å². The van der Waals surface area contributed by atoms with Gasteiger partial charge >= 0.3 is 0 Å². The first-order chi connectivity index (χ1) is 6.83. The molecule has 0 radical (unpaired) electrons. The van der Waals surface area contributed by atoms with Crippen molar-refractivity contribution in [2.24, 2.45) is 0 Å². The van der Waals surface area contributed by atoms with Crippen LogP contribution in [0.2, 0.25) is 0 Å². The van der Waals surface area contributed by atoms with Gasteiger partial charge in [0, 0.05) is 6.54 Å². The summed E-state index contributed by atoms with van der Waals surface area (Å²) in [6.45, 7) is 3.56. The van der Waals surface area contributed by atoms with Crippen molar-refractivity contribution in [1.82, 2.24) is 4.90 Å². The summed E-state index contributed by atoms with van der Waals surface area (Å²) in [7, 11) is 0. The number of piperidine rings is 1. The van der Waals surface area contributed by atoms with Crippen molar-refractivity contribution in [3.8, 4) is 12.3 Å². The number of rotatable bonds is 5. The molecule has 1 rings (SSSR count). The lowest BCUT2D eigenvalue weighted by Crippen LogP contribution is -2.38. The minimum absolute atomic E-state index is 0.289.